The van der Waals surface area contributed by atoms with Gasteiger partial charge in [-0.3, -0.25) is 4.79 Å². The second-order valence-electron chi connectivity index (χ2n) is 3.19. The minimum Gasteiger partial charge on any atom is -0.493 e. The summed E-state index contributed by atoms with van der Waals surface area (Å²) < 4.78 is 1.10. The summed E-state index contributed by atoms with van der Waals surface area (Å²) >= 11 is 0. The Morgan fingerprint density at radius 3 is 2.44 bits per heavy atom. The van der Waals surface area contributed by atoms with Crippen molar-refractivity contribution in [2.24, 2.45) is 0 Å². The molecular formula is C12H8N2O2. The maximum absolute atomic E-state index is 11.6. The van der Waals surface area contributed by atoms with E-state index >= 15 is 0 Å². The van der Waals surface area contributed by atoms with Crippen molar-refractivity contribution >= 4 is 0 Å². The van der Waals surface area contributed by atoms with Crippen molar-refractivity contribution in [2.45, 2.75) is 0 Å². The Morgan fingerprint density at radius 2 is 1.81 bits per heavy atom. The van der Waals surface area contributed by atoms with Gasteiger partial charge >= 0.3 is 0 Å². The Balaban J connectivity index is 2.76. The van der Waals surface area contributed by atoms with Crippen LogP contribution in [0, 0.1) is 11.3 Å². The van der Waals surface area contributed by atoms with Gasteiger partial charge in [-0.25, -0.2) is 4.57 Å². The Bertz CT molecular complexity index is 609. The van der Waals surface area contributed by atoms with Crippen molar-refractivity contribution in [1.82, 2.24) is 4.57 Å². The Labute approximate surface area is 91.6 Å². The number of pyridine rings is 1. The summed E-state index contributed by atoms with van der Waals surface area (Å²) in [5.41, 5.74) is 0.230. The molecule has 1 N–H and O–H groups in total. The molecule has 4 heteroatoms. The number of nitriles is 1. The van der Waals surface area contributed by atoms with Crippen molar-refractivity contribution in [2.75, 3.05) is 0 Å². The Kier molecular flexibility index (Phi) is 2.44. The number of para-hydroxylation sites is 1. The van der Waals surface area contributed by atoms with Crippen LogP contribution < -0.4 is 5.56 Å². The third-order valence-electron chi connectivity index (χ3n) is 2.20. The van der Waals surface area contributed by atoms with Gasteiger partial charge in [-0.05, 0) is 18.2 Å². The van der Waals surface area contributed by atoms with Gasteiger partial charge in [0.05, 0.1) is 5.69 Å². The minimum absolute atomic E-state index is 0.0726. The van der Waals surface area contributed by atoms with E-state index in [1.165, 1.54) is 12.1 Å². The van der Waals surface area contributed by atoms with Gasteiger partial charge in [0.1, 0.15) is 11.6 Å². The predicted octanol–water partition coefficient (Wildman–Crippen LogP) is 1.41. The fourth-order valence-corrected chi connectivity index (χ4v) is 1.44. The number of hydrogen-bond donors (Lipinski definition) is 1. The van der Waals surface area contributed by atoms with Crippen LogP contribution in [0.5, 0.6) is 5.88 Å². The monoisotopic (exact) mass is 212 g/mol. The third-order valence-corrected chi connectivity index (χ3v) is 2.20. The van der Waals surface area contributed by atoms with Crippen molar-refractivity contribution in [3.05, 3.63) is 58.4 Å². The maximum Gasteiger partial charge on any atom is 0.257 e. The highest BCUT2D eigenvalue weighted by molar-refractivity contribution is 5.44. The van der Waals surface area contributed by atoms with E-state index in [2.05, 4.69) is 0 Å². The lowest BCUT2D eigenvalue weighted by Crippen LogP contribution is -2.17. The largest absolute Gasteiger partial charge is 0.493 e. The molecule has 0 saturated heterocycles. The van der Waals surface area contributed by atoms with Gasteiger partial charge in [0.25, 0.3) is 5.56 Å². The molecule has 0 aliphatic carbocycles. The fourth-order valence-electron chi connectivity index (χ4n) is 1.44. The number of rotatable bonds is 1. The van der Waals surface area contributed by atoms with Crippen LogP contribution in [-0.2, 0) is 0 Å². The molecule has 2 rings (SSSR count). The van der Waals surface area contributed by atoms with Crippen LogP contribution >= 0.6 is 0 Å². The Morgan fingerprint density at radius 1 is 1.12 bits per heavy atom. The molecule has 0 aliphatic heterocycles. The number of hydrogen-bond acceptors (Lipinski definition) is 3. The maximum atomic E-state index is 11.6. The van der Waals surface area contributed by atoms with E-state index < -0.39 is 0 Å². The first-order chi connectivity index (χ1) is 7.74. The smallest absolute Gasteiger partial charge is 0.257 e. The summed E-state index contributed by atoms with van der Waals surface area (Å²) in [5.74, 6) is -0.332. The summed E-state index contributed by atoms with van der Waals surface area (Å²) in [6.45, 7) is 0. The zero-order valence-electron chi connectivity index (χ0n) is 8.29. The highest BCUT2D eigenvalue weighted by Gasteiger charge is 2.09. The quantitative estimate of drug-likeness (QED) is 0.777. The van der Waals surface area contributed by atoms with E-state index in [0.29, 0.717) is 5.69 Å². The number of nitrogens with zero attached hydrogens (tertiary/aromatic N) is 2. The average Bonchev–Trinajstić information content (AvgIpc) is 2.31. The van der Waals surface area contributed by atoms with Crippen molar-refractivity contribution < 1.29 is 5.11 Å². The van der Waals surface area contributed by atoms with Gasteiger partial charge in [0.2, 0.25) is 5.88 Å². The van der Waals surface area contributed by atoms with Gasteiger partial charge in [0.15, 0.2) is 0 Å². The molecule has 0 spiro atoms. The molecule has 1 aromatic heterocycles. The highest BCUT2D eigenvalue weighted by Crippen LogP contribution is 2.17. The van der Waals surface area contributed by atoms with Crippen molar-refractivity contribution in [3.63, 3.8) is 0 Å². The topological polar surface area (TPSA) is 66.0 Å². The zero-order chi connectivity index (χ0) is 11.5. The normalized spacial score (nSPS) is 9.69. The highest BCUT2D eigenvalue weighted by atomic mass is 16.3. The van der Waals surface area contributed by atoms with E-state index in [-0.39, 0.29) is 17.0 Å². The van der Waals surface area contributed by atoms with E-state index in [1.54, 1.807) is 30.3 Å². The minimum atomic E-state index is -0.372. The van der Waals surface area contributed by atoms with Gasteiger partial charge < -0.3 is 5.11 Å². The lowest BCUT2D eigenvalue weighted by molar-refractivity contribution is 0.433. The van der Waals surface area contributed by atoms with Crippen LogP contribution in [0.2, 0.25) is 0 Å². The molecule has 0 amide bonds. The first-order valence-electron chi connectivity index (χ1n) is 4.64. The second kappa shape index (κ2) is 3.91. The van der Waals surface area contributed by atoms with Crippen LogP contribution in [0.4, 0.5) is 0 Å². The fraction of sp³-hybridized carbons (Fsp3) is 0. The zero-order valence-corrected chi connectivity index (χ0v) is 8.29. The standard InChI is InChI=1S/C12H8N2O2/c13-8-9-6-7-11(15)14(12(9)16)10-4-2-1-3-5-10/h1-7,16H. The number of benzene rings is 1. The lowest BCUT2D eigenvalue weighted by Gasteiger charge is -2.08. The van der Waals surface area contributed by atoms with Gasteiger partial charge in [0, 0.05) is 6.07 Å². The molecule has 0 atom stereocenters. The molecule has 0 unspecified atom stereocenters. The summed E-state index contributed by atoms with van der Waals surface area (Å²) in [6.07, 6.45) is 0. The lowest BCUT2D eigenvalue weighted by atomic mass is 10.2. The first kappa shape index (κ1) is 9.99. The number of aromatic hydroxyl groups is 1. The molecule has 2 aromatic rings. The van der Waals surface area contributed by atoms with Crippen LogP contribution in [0.25, 0.3) is 5.69 Å². The van der Waals surface area contributed by atoms with E-state index in [9.17, 15) is 9.90 Å². The predicted molar refractivity (Wildman–Crippen MR) is 58.4 cm³/mol. The molecule has 0 radical (unpaired) electrons. The molecule has 1 aromatic carbocycles. The third kappa shape index (κ3) is 1.55. The summed E-state index contributed by atoms with van der Waals surface area (Å²) in [6, 6.07) is 13.1. The van der Waals surface area contributed by atoms with Crippen LogP contribution in [0.3, 0.4) is 0 Å². The summed E-state index contributed by atoms with van der Waals surface area (Å²) in [4.78, 5) is 11.6. The van der Waals surface area contributed by atoms with E-state index in [1.807, 2.05) is 6.07 Å². The molecular weight excluding hydrogens is 204 g/mol. The van der Waals surface area contributed by atoms with Crippen LogP contribution in [0.15, 0.2) is 47.3 Å². The molecule has 0 aliphatic rings. The van der Waals surface area contributed by atoms with Crippen molar-refractivity contribution in [3.8, 4) is 17.6 Å². The second-order valence-corrected chi connectivity index (χ2v) is 3.19. The number of aromatic nitrogens is 1. The summed E-state index contributed by atoms with van der Waals surface area (Å²) in [7, 11) is 0. The van der Waals surface area contributed by atoms with E-state index in [4.69, 9.17) is 5.26 Å². The molecule has 4 nitrogen and oxygen atoms in total. The molecule has 16 heavy (non-hydrogen) atoms. The van der Waals surface area contributed by atoms with Gasteiger partial charge in [-0.15, -0.1) is 0 Å². The molecule has 78 valence electrons. The van der Waals surface area contributed by atoms with E-state index in [0.717, 1.165) is 4.57 Å². The molecule has 1 heterocycles. The summed E-state index contributed by atoms with van der Waals surface area (Å²) in [5, 5.41) is 18.5. The Hall–Kier alpha value is -2.54. The average molecular weight is 212 g/mol. The van der Waals surface area contributed by atoms with Crippen LogP contribution in [0.1, 0.15) is 5.56 Å². The molecule has 0 fully saturated rings. The van der Waals surface area contributed by atoms with Crippen molar-refractivity contribution in [1.29, 1.82) is 5.26 Å². The molecule has 0 saturated carbocycles. The SMILES string of the molecule is N#Cc1ccc(=O)n(-c2ccccc2)c1O. The van der Waals surface area contributed by atoms with Gasteiger partial charge in [-0.2, -0.15) is 5.26 Å². The molecule has 0 bridgehead atoms. The first-order valence-corrected chi connectivity index (χ1v) is 4.64. The van der Waals surface area contributed by atoms with Crippen LogP contribution in [-0.4, -0.2) is 9.67 Å². The van der Waals surface area contributed by atoms with Gasteiger partial charge in [-0.1, -0.05) is 18.2 Å².